The smallest absolute Gasteiger partial charge is 0.252 e. The number of rotatable bonds is 8. The first-order chi connectivity index (χ1) is 15.9. The van der Waals surface area contributed by atoms with Crippen molar-refractivity contribution in [3.63, 3.8) is 0 Å². The highest BCUT2D eigenvalue weighted by Crippen LogP contribution is 2.23. The molecule has 0 atom stereocenters. The number of aromatic amines is 1. The Morgan fingerprint density at radius 2 is 1.79 bits per heavy atom. The van der Waals surface area contributed by atoms with Crippen LogP contribution < -0.4 is 10.3 Å². The molecule has 0 saturated carbocycles. The molecule has 0 fully saturated rings. The Labute approximate surface area is 192 Å². The Kier molecular flexibility index (Phi) is 6.57. The predicted octanol–water partition coefficient (Wildman–Crippen LogP) is 3.89. The maximum absolute atomic E-state index is 13.6. The van der Waals surface area contributed by atoms with Gasteiger partial charge in [-0.15, -0.1) is 0 Å². The summed E-state index contributed by atoms with van der Waals surface area (Å²) in [6.07, 6.45) is 4.11. The lowest BCUT2D eigenvalue weighted by Gasteiger charge is -2.22. The van der Waals surface area contributed by atoms with E-state index in [1.165, 1.54) is 23.5 Å². The van der Waals surface area contributed by atoms with Crippen molar-refractivity contribution in [1.29, 1.82) is 0 Å². The number of hydrogen-bond acceptors (Lipinski definition) is 5. The van der Waals surface area contributed by atoms with Crippen molar-refractivity contribution >= 4 is 20.9 Å². The number of sulfonamides is 1. The first kappa shape index (κ1) is 22.7. The number of nitrogens with one attached hydrogen (secondary N) is 1. The van der Waals surface area contributed by atoms with Gasteiger partial charge in [-0.1, -0.05) is 19.1 Å². The fraction of sp³-hybridized carbons (Fsp3) is 0.200. The zero-order valence-electron chi connectivity index (χ0n) is 18.5. The number of H-pyrrole nitrogens is 1. The van der Waals surface area contributed by atoms with E-state index in [4.69, 9.17) is 4.74 Å². The molecule has 1 N–H and O–H groups in total. The molecule has 33 heavy (non-hydrogen) atoms. The number of pyridine rings is 2. The number of hydrogen-bond donors (Lipinski definition) is 1. The lowest BCUT2D eigenvalue weighted by atomic mass is 10.1. The zero-order chi connectivity index (χ0) is 23.4. The van der Waals surface area contributed by atoms with Gasteiger partial charge in [-0.25, -0.2) is 8.42 Å². The molecule has 0 unspecified atom stereocenters. The summed E-state index contributed by atoms with van der Waals surface area (Å²) >= 11 is 0. The first-order valence-electron chi connectivity index (χ1n) is 10.6. The fourth-order valence-corrected chi connectivity index (χ4v) is 5.05. The van der Waals surface area contributed by atoms with Crippen molar-refractivity contribution in [1.82, 2.24) is 14.3 Å². The maximum Gasteiger partial charge on any atom is 0.252 e. The van der Waals surface area contributed by atoms with Crippen LogP contribution in [0.15, 0.2) is 82.7 Å². The van der Waals surface area contributed by atoms with Gasteiger partial charge < -0.3 is 9.72 Å². The Bertz CT molecular complexity index is 1420. The molecule has 170 valence electrons. The summed E-state index contributed by atoms with van der Waals surface area (Å²) in [5, 5.41) is 0.868. The molecular formula is C25H25N3O4S. The van der Waals surface area contributed by atoms with Gasteiger partial charge in [0, 0.05) is 36.6 Å². The van der Waals surface area contributed by atoms with Crippen LogP contribution >= 0.6 is 0 Å². The van der Waals surface area contributed by atoms with Gasteiger partial charge in [0.2, 0.25) is 10.0 Å². The number of methoxy groups -OCH3 is 1. The third-order valence-electron chi connectivity index (χ3n) is 5.52. The lowest BCUT2D eigenvalue weighted by Crippen LogP contribution is -2.32. The Morgan fingerprint density at radius 1 is 1.00 bits per heavy atom. The minimum Gasteiger partial charge on any atom is -0.497 e. The third kappa shape index (κ3) is 4.97. The summed E-state index contributed by atoms with van der Waals surface area (Å²) in [6, 6.07) is 17.4. The van der Waals surface area contributed by atoms with Crippen molar-refractivity contribution in [3.8, 4) is 5.75 Å². The topological polar surface area (TPSA) is 92.4 Å². The maximum atomic E-state index is 13.6. The van der Waals surface area contributed by atoms with Crippen LogP contribution in [-0.2, 0) is 29.5 Å². The molecule has 7 nitrogen and oxygen atoms in total. The van der Waals surface area contributed by atoms with Crippen molar-refractivity contribution in [2.24, 2.45) is 0 Å². The van der Waals surface area contributed by atoms with Crippen molar-refractivity contribution in [2.75, 3.05) is 7.11 Å². The van der Waals surface area contributed by atoms with Crippen LogP contribution in [0.1, 0.15) is 23.6 Å². The summed E-state index contributed by atoms with van der Waals surface area (Å²) in [5.74, 6) is 0.561. The third-order valence-corrected chi connectivity index (χ3v) is 7.33. The van der Waals surface area contributed by atoms with E-state index in [0.717, 1.165) is 28.5 Å². The quantitative estimate of drug-likeness (QED) is 0.428. The number of aromatic nitrogens is 2. The van der Waals surface area contributed by atoms with Crippen molar-refractivity contribution in [3.05, 3.63) is 100 Å². The summed E-state index contributed by atoms with van der Waals surface area (Å²) in [7, 11) is -2.39. The van der Waals surface area contributed by atoms with E-state index >= 15 is 0 Å². The van der Waals surface area contributed by atoms with Gasteiger partial charge in [0.05, 0.1) is 12.0 Å². The molecule has 2 aromatic heterocycles. The minimum absolute atomic E-state index is 0.0781. The van der Waals surface area contributed by atoms with Crippen molar-refractivity contribution in [2.45, 2.75) is 31.3 Å². The van der Waals surface area contributed by atoms with Gasteiger partial charge in [0.1, 0.15) is 5.75 Å². The molecule has 8 heteroatoms. The van der Waals surface area contributed by atoms with Crippen LogP contribution in [0.2, 0.25) is 0 Å². The average molecular weight is 464 g/mol. The molecule has 0 aliphatic heterocycles. The minimum atomic E-state index is -3.91. The van der Waals surface area contributed by atoms with E-state index in [0.29, 0.717) is 11.3 Å². The molecule has 2 heterocycles. The van der Waals surface area contributed by atoms with E-state index in [-0.39, 0.29) is 23.5 Å². The molecule has 4 aromatic rings. The van der Waals surface area contributed by atoms with Crippen LogP contribution in [0.5, 0.6) is 5.75 Å². The normalized spacial score (nSPS) is 11.7. The summed E-state index contributed by atoms with van der Waals surface area (Å²) < 4.78 is 33.6. The second kappa shape index (κ2) is 9.56. The molecule has 4 rings (SSSR count). The second-order valence-electron chi connectivity index (χ2n) is 7.71. The number of aryl methyl sites for hydroxylation is 1. The van der Waals surface area contributed by atoms with Gasteiger partial charge >= 0.3 is 0 Å². The molecular weight excluding hydrogens is 438 g/mol. The first-order valence-corrected chi connectivity index (χ1v) is 12.0. The van der Waals surface area contributed by atoms with Crippen LogP contribution in [0.3, 0.4) is 0 Å². The highest BCUT2D eigenvalue weighted by Gasteiger charge is 2.26. The van der Waals surface area contributed by atoms with Gasteiger partial charge in [-0.2, -0.15) is 4.31 Å². The fourth-order valence-electron chi connectivity index (χ4n) is 3.65. The second-order valence-corrected chi connectivity index (χ2v) is 9.65. The monoisotopic (exact) mass is 463 g/mol. The van der Waals surface area contributed by atoms with E-state index in [1.54, 1.807) is 36.7 Å². The highest BCUT2D eigenvalue weighted by molar-refractivity contribution is 7.89. The van der Waals surface area contributed by atoms with Crippen LogP contribution in [-0.4, -0.2) is 29.8 Å². The number of nitrogens with zero attached hydrogens (tertiary/aromatic N) is 2. The number of fused-ring (bicyclic) bond motifs is 1. The van der Waals surface area contributed by atoms with Gasteiger partial charge in [-0.3, -0.25) is 9.78 Å². The largest absolute Gasteiger partial charge is 0.497 e. The molecule has 0 saturated heterocycles. The van der Waals surface area contributed by atoms with E-state index in [9.17, 15) is 13.2 Å². The van der Waals surface area contributed by atoms with Crippen LogP contribution in [0, 0.1) is 0 Å². The molecule has 0 bridgehead atoms. The van der Waals surface area contributed by atoms with Gasteiger partial charge in [0.15, 0.2) is 0 Å². The Balaban J connectivity index is 1.76. The molecule has 0 spiro atoms. The predicted molar refractivity (Wildman–Crippen MR) is 128 cm³/mol. The Hall–Kier alpha value is -3.49. The molecule has 0 aliphatic carbocycles. The zero-order valence-corrected chi connectivity index (χ0v) is 19.3. The van der Waals surface area contributed by atoms with E-state index < -0.39 is 10.0 Å². The van der Waals surface area contributed by atoms with Crippen molar-refractivity contribution < 1.29 is 13.2 Å². The number of ether oxygens (including phenoxy) is 1. The molecule has 0 aliphatic rings. The molecule has 0 radical (unpaired) electrons. The van der Waals surface area contributed by atoms with Gasteiger partial charge in [0.25, 0.3) is 5.56 Å². The van der Waals surface area contributed by atoms with Gasteiger partial charge in [-0.05, 0) is 71.5 Å². The van der Waals surface area contributed by atoms with E-state index in [2.05, 4.69) is 16.9 Å². The lowest BCUT2D eigenvalue weighted by molar-refractivity contribution is 0.398. The summed E-state index contributed by atoms with van der Waals surface area (Å²) in [6.45, 7) is 2.06. The SMILES string of the molecule is CCc1ccc2[nH]c(=O)c(CN(Cc3cccnc3)S(=O)(=O)c3ccc(OC)cc3)cc2c1. The summed E-state index contributed by atoms with van der Waals surface area (Å²) in [5.41, 5.74) is 2.64. The van der Waals surface area contributed by atoms with Crippen LogP contribution in [0.4, 0.5) is 0 Å². The summed E-state index contributed by atoms with van der Waals surface area (Å²) in [4.78, 5) is 19.9. The number of benzene rings is 2. The molecule has 0 amide bonds. The standard InChI is InChI=1S/C25H25N3O4S/c1-3-18-6-11-24-20(13-18)14-21(25(29)27-24)17-28(16-19-5-4-12-26-15-19)33(30,31)23-9-7-22(32-2)8-10-23/h4-15H,3,16-17H2,1-2H3,(H,27,29). The van der Waals surface area contributed by atoms with Crippen LogP contribution in [0.25, 0.3) is 10.9 Å². The molecule has 2 aromatic carbocycles. The van der Waals surface area contributed by atoms with E-state index in [1.807, 2.05) is 24.3 Å². The highest BCUT2D eigenvalue weighted by atomic mass is 32.2. The average Bonchev–Trinajstić information content (AvgIpc) is 2.84. The Morgan fingerprint density at radius 3 is 2.45 bits per heavy atom.